The lowest BCUT2D eigenvalue weighted by Crippen LogP contribution is -2.30. The molecule has 0 aromatic heterocycles. The van der Waals surface area contributed by atoms with Crippen molar-refractivity contribution >= 4 is 17.9 Å². The van der Waals surface area contributed by atoms with Crippen LogP contribution in [0.3, 0.4) is 0 Å². The number of rotatable bonds is 67. The Morgan fingerprint density at radius 3 is 0.700 bits per heavy atom. The number of carbonyl (C=O) groups excluding carboxylic acids is 3. The zero-order chi connectivity index (χ0) is 57.8. The van der Waals surface area contributed by atoms with Gasteiger partial charge in [-0.05, 0) is 57.8 Å². The molecular formula is C74H138O6. The number of unbranched alkanes of at least 4 members (excludes halogenated alkanes) is 50. The van der Waals surface area contributed by atoms with Crippen molar-refractivity contribution in [2.24, 2.45) is 0 Å². The standard InChI is InChI=1S/C74H138O6/c1-4-7-10-13-16-19-22-25-27-29-31-33-35-37-39-41-43-45-47-49-52-55-58-61-64-67-73(76)79-70-71(69-78-72(75)66-63-60-57-54-51-24-21-18-15-12-9-6-3)80-74(77)68-65-62-59-56-53-50-48-46-44-42-40-38-36-34-32-30-28-26-23-20-17-14-11-8-5-2/h22,25,29,31,35,37,71H,4-21,23-24,26-28,30,32-34,36,38-70H2,1-3H3/b25-22-,31-29-,37-35-. The summed E-state index contributed by atoms with van der Waals surface area (Å²) in [6, 6.07) is 0. The van der Waals surface area contributed by atoms with Gasteiger partial charge in [0.1, 0.15) is 13.2 Å². The van der Waals surface area contributed by atoms with Crippen LogP contribution < -0.4 is 0 Å². The van der Waals surface area contributed by atoms with Crippen molar-refractivity contribution in [1.82, 2.24) is 0 Å². The Balaban J connectivity index is 4.21. The average molecular weight is 1120 g/mol. The molecule has 0 bridgehead atoms. The minimum Gasteiger partial charge on any atom is -0.462 e. The van der Waals surface area contributed by atoms with Gasteiger partial charge in [-0.3, -0.25) is 14.4 Å². The van der Waals surface area contributed by atoms with Crippen molar-refractivity contribution in [2.75, 3.05) is 13.2 Å². The SMILES string of the molecule is CCCCCCC/C=C\C/C=C\C/C=C\CCCCCCCCCCCCC(=O)OCC(COC(=O)CCCCCCCCCCCCCC)OC(=O)CCCCCCCCCCCCCCCCCCCCCCCCCCC. The van der Waals surface area contributed by atoms with Crippen LogP contribution in [0.25, 0.3) is 0 Å². The Morgan fingerprint density at radius 2 is 0.450 bits per heavy atom. The lowest BCUT2D eigenvalue weighted by atomic mass is 10.0. The van der Waals surface area contributed by atoms with Crippen LogP contribution in [-0.2, 0) is 28.6 Å². The molecule has 1 atom stereocenters. The fourth-order valence-electron chi connectivity index (χ4n) is 11.0. The smallest absolute Gasteiger partial charge is 0.306 e. The van der Waals surface area contributed by atoms with E-state index in [-0.39, 0.29) is 31.1 Å². The van der Waals surface area contributed by atoms with Crippen LogP contribution in [0.1, 0.15) is 400 Å². The van der Waals surface area contributed by atoms with Crippen molar-refractivity contribution in [1.29, 1.82) is 0 Å². The van der Waals surface area contributed by atoms with Crippen LogP contribution in [0, 0.1) is 0 Å². The van der Waals surface area contributed by atoms with Crippen LogP contribution in [0.15, 0.2) is 36.5 Å². The molecule has 0 aliphatic carbocycles. The third-order valence-corrected chi connectivity index (χ3v) is 16.4. The van der Waals surface area contributed by atoms with Crippen molar-refractivity contribution < 1.29 is 28.6 Å². The summed E-state index contributed by atoms with van der Waals surface area (Å²) in [7, 11) is 0. The molecule has 0 aromatic rings. The average Bonchev–Trinajstić information content (AvgIpc) is 3.46. The van der Waals surface area contributed by atoms with Gasteiger partial charge in [0.2, 0.25) is 0 Å². The Bertz CT molecular complexity index is 1340. The van der Waals surface area contributed by atoms with Gasteiger partial charge in [-0.25, -0.2) is 0 Å². The van der Waals surface area contributed by atoms with Crippen molar-refractivity contribution in [3.63, 3.8) is 0 Å². The first-order valence-corrected chi connectivity index (χ1v) is 36.0. The molecule has 0 aliphatic rings. The number of allylic oxidation sites excluding steroid dienone is 6. The molecule has 0 spiro atoms. The van der Waals surface area contributed by atoms with Crippen LogP contribution in [-0.4, -0.2) is 37.2 Å². The largest absolute Gasteiger partial charge is 0.462 e. The Hall–Kier alpha value is -2.37. The Labute approximate surface area is 499 Å². The fourth-order valence-corrected chi connectivity index (χ4v) is 11.0. The lowest BCUT2D eigenvalue weighted by Gasteiger charge is -2.18. The summed E-state index contributed by atoms with van der Waals surface area (Å²) in [5, 5.41) is 0. The topological polar surface area (TPSA) is 78.9 Å². The quantitative estimate of drug-likeness (QED) is 0.0261. The molecule has 0 fully saturated rings. The zero-order valence-corrected chi connectivity index (χ0v) is 54.1. The van der Waals surface area contributed by atoms with E-state index in [2.05, 4.69) is 57.2 Å². The first-order chi connectivity index (χ1) is 39.5. The van der Waals surface area contributed by atoms with E-state index in [1.54, 1.807) is 0 Å². The van der Waals surface area contributed by atoms with Gasteiger partial charge in [-0.15, -0.1) is 0 Å². The van der Waals surface area contributed by atoms with Crippen molar-refractivity contribution in [3.05, 3.63) is 36.5 Å². The maximum absolute atomic E-state index is 13.0. The van der Waals surface area contributed by atoms with E-state index in [1.807, 2.05) is 0 Å². The predicted octanol–water partition coefficient (Wildman–Crippen LogP) is 24.7. The summed E-state index contributed by atoms with van der Waals surface area (Å²) in [4.78, 5) is 38.4. The second-order valence-electron chi connectivity index (χ2n) is 24.5. The van der Waals surface area contributed by atoms with Crippen LogP contribution in [0.2, 0.25) is 0 Å². The van der Waals surface area contributed by atoms with Gasteiger partial charge in [0, 0.05) is 19.3 Å². The highest BCUT2D eigenvalue weighted by molar-refractivity contribution is 5.71. The van der Waals surface area contributed by atoms with Gasteiger partial charge in [-0.2, -0.15) is 0 Å². The molecule has 0 heterocycles. The van der Waals surface area contributed by atoms with Gasteiger partial charge < -0.3 is 14.2 Å². The highest BCUT2D eigenvalue weighted by Gasteiger charge is 2.19. The first-order valence-electron chi connectivity index (χ1n) is 36.0. The molecule has 0 rings (SSSR count). The third kappa shape index (κ3) is 66.4. The summed E-state index contributed by atoms with van der Waals surface area (Å²) < 4.78 is 17.0. The van der Waals surface area contributed by atoms with E-state index < -0.39 is 6.10 Å². The monoisotopic (exact) mass is 1120 g/mol. The minimum absolute atomic E-state index is 0.0672. The maximum Gasteiger partial charge on any atom is 0.306 e. The van der Waals surface area contributed by atoms with Crippen LogP contribution >= 0.6 is 0 Å². The van der Waals surface area contributed by atoms with E-state index in [9.17, 15) is 14.4 Å². The molecule has 0 aromatic carbocycles. The molecule has 0 saturated carbocycles. The maximum atomic E-state index is 13.0. The summed E-state index contributed by atoms with van der Waals surface area (Å²) in [5.74, 6) is -0.841. The van der Waals surface area contributed by atoms with Crippen LogP contribution in [0.4, 0.5) is 0 Å². The molecular weight excluding hydrogens is 985 g/mol. The Morgan fingerprint density at radius 1 is 0.250 bits per heavy atom. The molecule has 6 heteroatoms. The number of carbonyl (C=O) groups is 3. The summed E-state index contributed by atoms with van der Waals surface area (Å²) in [5.41, 5.74) is 0. The van der Waals surface area contributed by atoms with E-state index >= 15 is 0 Å². The number of esters is 3. The summed E-state index contributed by atoms with van der Waals surface area (Å²) >= 11 is 0. The molecule has 6 nitrogen and oxygen atoms in total. The van der Waals surface area contributed by atoms with Crippen molar-refractivity contribution in [3.8, 4) is 0 Å². The van der Waals surface area contributed by atoms with E-state index in [1.165, 1.54) is 289 Å². The second-order valence-corrected chi connectivity index (χ2v) is 24.5. The van der Waals surface area contributed by atoms with Crippen LogP contribution in [0.5, 0.6) is 0 Å². The van der Waals surface area contributed by atoms with Gasteiger partial charge >= 0.3 is 17.9 Å². The number of hydrogen-bond acceptors (Lipinski definition) is 6. The van der Waals surface area contributed by atoms with Gasteiger partial charge in [-0.1, -0.05) is 359 Å². The van der Waals surface area contributed by atoms with Gasteiger partial charge in [0.15, 0.2) is 6.10 Å². The van der Waals surface area contributed by atoms with E-state index in [0.29, 0.717) is 19.3 Å². The molecule has 0 N–H and O–H groups in total. The second kappa shape index (κ2) is 69.1. The highest BCUT2D eigenvalue weighted by Crippen LogP contribution is 2.19. The lowest BCUT2D eigenvalue weighted by molar-refractivity contribution is -0.167. The number of hydrogen-bond donors (Lipinski definition) is 0. The molecule has 0 aliphatic heterocycles. The first kappa shape index (κ1) is 77.6. The number of ether oxygens (including phenoxy) is 3. The minimum atomic E-state index is -0.771. The summed E-state index contributed by atoms with van der Waals surface area (Å²) in [6.07, 6.45) is 86.1. The molecule has 0 amide bonds. The fraction of sp³-hybridized carbons (Fsp3) is 0.878. The Kier molecular flexibility index (Phi) is 67.1. The van der Waals surface area contributed by atoms with E-state index in [0.717, 1.165) is 70.6 Å². The van der Waals surface area contributed by atoms with E-state index in [4.69, 9.17) is 14.2 Å². The third-order valence-electron chi connectivity index (χ3n) is 16.4. The predicted molar refractivity (Wildman–Crippen MR) is 349 cm³/mol. The zero-order valence-electron chi connectivity index (χ0n) is 54.1. The van der Waals surface area contributed by atoms with Crippen molar-refractivity contribution in [2.45, 2.75) is 406 Å². The van der Waals surface area contributed by atoms with Gasteiger partial charge in [0.05, 0.1) is 0 Å². The van der Waals surface area contributed by atoms with Gasteiger partial charge in [0.25, 0.3) is 0 Å². The molecule has 470 valence electrons. The highest BCUT2D eigenvalue weighted by atomic mass is 16.6. The molecule has 0 radical (unpaired) electrons. The molecule has 0 saturated heterocycles. The molecule has 80 heavy (non-hydrogen) atoms. The molecule has 1 unspecified atom stereocenters. The normalized spacial score (nSPS) is 12.2. The summed E-state index contributed by atoms with van der Waals surface area (Å²) in [6.45, 7) is 6.70.